The number of piperazine rings is 1. The fourth-order valence-corrected chi connectivity index (χ4v) is 4.80. The summed E-state index contributed by atoms with van der Waals surface area (Å²) >= 11 is 1.61. The third-order valence-electron chi connectivity index (χ3n) is 5.79. The van der Waals surface area contributed by atoms with Crippen LogP contribution < -0.4 is 10.6 Å². The standard InChI is InChI=1S/C21H26N4O2S/c1-15(16-8-10-28-14-16)20(26)22-11-19-13-25(18-7-9-24(19)12-18)21(27)23-17-5-3-2-4-6-17/h2-6,8,10,14-15,18-19H,7,9,11-13H2,1H3,(H,22,26)(H,23,27)/t15-,18+,19-/m1/s1. The summed E-state index contributed by atoms with van der Waals surface area (Å²) in [5, 5.41) is 10.1. The molecule has 1 aromatic carbocycles. The van der Waals surface area contributed by atoms with Gasteiger partial charge >= 0.3 is 6.03 Å². The zero-order chi connectivity index (χ0) is 19.5. The third kappa shape index (κ3) is 4.05. The van der Waals surface area contributed by atoms with Crippen molar-refractivity contribution in [2.75, 3.05) is 31.5 Å². The maximum absolute atomic E-state index is 12.8. The first-order valence-electron chi connectivity index (χ1n) is 9.78. The zero-order valence-corrected chi connectivity index (χ0v) is 16.8. The highest BCUT2D eigenvalue weighted by Crippen LogP contribution is 2.26. The normalized spacial score (nSPS) is 24.6. The van der Waals surface area contributed by atoms with Crippen molar-refractivity contribution in [3.63, 3.8) is 0 Å². The van der Waals surface area contributed by atoms with E-state index in [2.05, 4.69) is 15.5 Å². The minimum Gasteiger partial charge on any atom is -0.354 e. The van der Waals surface area contributed by atoms with E-state index in [0.29, 0.717) is 13.1 Å². The molecule has 4 rings (SSSR count). The predicted octanol–water partition coefficient (Wildman–Crippen LogP) is 2.96. The van der Waals surface area contributed by atoms with Gasteiger partial charge in [0.1, 0.15) is 0 Å². The van der Waals surface area contributed by atoms with Gasteiger partial charge in [-0.25, -0.2) is 4.79 Å². The van der Waals surface area contributed by atoms with Crippen LogP contribution in [0.3, 0.4) is 0 Å². The highest BCUT2D eigenvalue weighted by atomic mass is 32.1. The molecule has 6 nitrogen and oxygen atoms in total. The number of nitrogens with zero attached hydrogens (tertiary/aromatic N) is 2. The van der Waals surface area contributed by atoms with Crippen LogP contribution >= 0.6 is 11.3 Å². The summed E-state index contributed by atoms with van der Waals surface area (Å²) < 4.78 is 0. The molecule has 7 heteroatoms. The maximum atomic E-state index is 12.8. The molecular weight excluding hydrogens is 372 g/mol. The molecule has 4 atom stereocenters. The number of urea groups is 1. The Morgan fingerprint density at radius 2 is 2.04 bits per heavy atom. The number of fused-ring (bicyclic) bond motifs is 2. The van der Waals surface area contributed by atoms with Gasteiger partial charge in [-0.3, -0.25) is 9.69 Å². The first-order valence-corrected chi connectivity index (χ1v) is 10.7. The van der Waals surface area contributed by atoms with E-state index < -0.39 is 0 Å². The molecule has 0 spiro atoms. The van der Waals surface area contributed by atoms with Gasteiger partial charge in [-0.1, -0.05) is 18.2 Å². The number of para-hydroxylation sites is 1. The fourth-order valence-electron chi connectivity index (χ4n) is 4.05. The van der Waals surface area contributed by atoms with Crippen LogP contribution in [0.1, 0.15) is 24.8 Å². The highest BCUT2D eigenvalue weighted by molar-refractivity contribution is 7.08. The van der Waals surface area contributed by atoms with Crippen LogP contribution in [-0.4, -0.2) is 60.0 Å². The van der Waals surface area contributed by atoms with Crippen molar-refractivity contribution in [2.24, 2.45) is 0 Å². The number of hydrogen-bond donors (Lipinski definition) is 2. The Hall–Kier alpha value is -2.38. The van der Waals surface area contributed by atoms with E-state index >= 15 is 0 Å². The summed E-state index contributed by atoms with van der Waals surface area (Å²) in [6.45, 7) is 4.98. The molecular formula is C21H26N4O2S. The van der Waals surface area contributed by atoms with E-state index in [1.807, 2.05) is 59.0 Å². The Labute approximate surface area is 169 Å². The zero-order valence-electron chi connectivity index (χ0n) is 16.0. The Bertz CT molecular complexity index is 811. The molecule has 3 amide bonds. The number of amides is 3. The number of anilines is 1. The Morgan fingerprint density at radius 3 is 2.79 bits per heavy atom. The summed E-state index contributed by atoms with van der Waals surface area (Å²) in [5.41, 5.74) is 1.86. The van der Waals surface area contributed by atoms with E-state index in [1.165, 1.54) is 0 Å². The van der Waals surface area contributed by atoms with Gasteiger partial charge in [0.2, 0.25) is 5.91 Å². The second kappa shape index (κ2) is 8.32. The van der Waals surface area contributed by atoms with Crippen molar-refractivity contribution >= 4 is 29.0 Å². The van der Waals surface area contributed by atoms with E-state index in [1.54, 1.807) is 11.3 Å². The number of rotatable bonds is 5. The van der Waals surface area contributed by atoms with E-state index in [-0.39, 0.29) is 29.9 Å². The van der Waals surface area contributed by atoms with Gasteiger partial charge < -0.3 is 15.5 Å². The van der Waals surface area contributed by atoms with Crippen LogP contribution in [0.5, 0.6) is 0 Å². The molecule has 1 unspecified atom stereocenters. The predicted molar refractivity (Wildman–Crippen MR) is 112 cm³/mol. The van der Waals surface area contributed by atoms with Crippen LogP contribution in [0.4, 0.5) is 10.5 Å². The van der Waals surface area contributed by atoms with Gasteiger partial charge in [0.25, 0.3) is 0 Å². The molecule has 1 aromatic heterocycles. The fraction of sp³-hybridized carbons (Fsp3) is 0.429. The maximum Gasteiger partial charge on any atom is 0.322 e. The first-order chi connectivity index (χ1) is 13.6. The van der Waals surface area contributed by atoms with Gasteiger partial charge in [0.05, 0.1) is 5.92 Å². The number of carbonyl (C=O) groups is 2. The van der Waals surface area contributed by atoms with E-state index in [4.69, 9.17) is 0 Å². The van der Waals surface area contributed by atoms with E-state index in [0.717, 1.165) is 30.8 Å². The molecule has 148 valence electrons. The molecule has 2 saturated heterocycles. The topological polar surface area (TPSA) is 64.7 Å². The first kappa shape index (κ1) is 19.0. The van der Waals surface area contributed by atoms with Crippen LogP contribution in [-0.2, 0) is 4.79 Å². The Kier molecular flexibility index (Phi) is 5.64. The molecule has 2 fully saturated rings. The van der Waals surface area contributed by atoms with Crippen molar-refractivity contribution in [1.29, 1.82) is 0 Å². The van der Waals surface area contributed by atoms with Gasteiger partial charge in [0.15, 0.2) is 0 Å². The van der Waals surface area contributed by atoms with Crippen LogP contribution in [0.2, 0.25) is 0 Å². The summed E-state index contributed by atoms with van der Waals surface area (Å²) in [6, 6.07) is 11.9. The van der Waals surface area contributed by atoms with Crippen LogP contribution in [0.15, 0.2) is 47.2 Å². The third-order valence-corrected chi connectivity index (χ3v) is 6.50. The van der Waals surface area contributed by atoms with Crippen molar-refractivity contribution in [3.05, 3.63) is 52.7 Å². The van der Waals surface area contributed by atoms with Gasteiger partial charge in [-0.05, 0) is 47.9 Å². The number of thiophene rings is 1. The average Bonchev–Trinajstić information content (AvgIpc) is 3.38. The number of carbonyl (C=O) groups excluding carboxylic acids is 2. The highest BCUT2D eigenvalue weighted by Gasteiger charge is 2.40. The lowest BCUT2D eigenvalue weighted by Gasteiger charge is -2.40. The molecule has 2 aromatic rings. The molecule has 2 N–H and O–H groups in total. The molecule has 0 radical (unpaired) electrons. The largest absolute Gasteiger partial charge is 0.354 e. The monoisotopic (exact) mass is 398 g/mol. The van der Waals surface area contributed by atoms with E-state index in [9.17, 15) is 9.59 Å². The Balaban J connectivity index is 1.35. The van der Waals surface area contributed by atoms with Gasteiger partial charge in [-0.15, -0.1) is 0 Å². The second-order valence-corrected chi connectivity index (χ2v) is 8.34. The van der Waals surface area contributed by atoms with Crippen molar-refractivity contribution in [3.8, 4) is 0 Å². The van der Waals surface area contributed by atoms with Crippen LogP contribution in [0.25, 0.3) is 0 Å². The van der Waals surface area contributed by atoms with Crippen molar-refractivity contribution < 1.29 is 9.59 Å². The quantitative estimate of drug-likeness (QED) is 0.814. The van der Waals surface area contributed by atoms with Gasteiger partial charge in [0, 0.05) is 44.0 Å². The van der Waals surface area contributed by atoms with Crippen LogP contribution in [0, 0.1) is 0 Å². The minimum atomic E-state index is -0.154. The summed E-state index contributed by atoms with van der Waals surface area (Å²) in [5.74, 6) is -0.112. The summed E-state index contributed by atoms with van der Waals surface area (Å²) in [4.78, 5) is 29.7. The minimum absolute atomic E-state index is 0.0417. The lowest BCUT2D eigenvalue weighted by atomic mass is 10.0. The second-order valence-electron chi connectivity index (χ2n) is 7.56. The SMILES string of the molecule is C[C@@H](C(=O)NC[C@@H]1CN(C(=O)Nc2ccccc2)[C@H]2CCN1C2)c1ccsc1. The van der Waals surface area contributed by atoms with Crippen molar-refractivity contribution in [1.82, 2.24) is 15.1 Å². The molecule has 28 heavy (non-hydrogen) atoms. The molecule has 2 aliphatic heterocycles. The number of benzene rings is 1. The number of nitrogens with one attached hydrogen (secondary N) is 2. The average molecular weight is 399 g/mol. The lowest BCUT2D eigenvalue weighted by molar-refractivity contribution is -0.122. The number of hydrogen-bond acceptors (Lipinski definition) is 4. The molecule has 2 bridgehead atoms. The summed E-state index contributed by atoms with van der Waals surface area (Å²) in [7, 11) is 0. The lowest BCUT2D eigenvalue weighted by Crippen LogP contribution is -2.58. The molecule has 2 aliphatic rings. The molecule has 0 aliphatic carbocycles. The summed E-state index contributed by atoms with van der Waals surface area (Å²) in [6.07, 6.45) is 0.984. The Morgan fingerprint density at radius 1 is 1.21 bits per heavy atom. The van der Waals surface area contributed by atoms with Crippen molar-refractivity contribution in [2.45, 2.75) is 31.3 Å². The van der Waals surface area contributed by atoms with Gasteiger partial charge in [-0.2, -0.15) is 11.3 Å². The molecule has 0 saturated carbocycles. The molecule has 3 heterocycles. The smallest absolute Gasteiger partial charge is 0.322 e.